The van der Waals surface area contributed by atoms with Gasteiger partial charge in [0.25, 0.3) is 5.91 Å². The fourth-order valence-corrected chi connectivity index (χ4v) is 3.12. The van der Waals surface area contributed by atoms with E-state index < -0.39 is 18.0 Å². The summed E-state index contributed by atoms with van der Waals surface area (Å²) in [6.07, 6.45) is -0.132. The number of hydrogen-bond acceptors (Lipinski definition) is 5. The maximum absolute atomic E-state index is 12.4. The summed E-state index contributed by atoms with van der Waals surface area (Å²) in [5, 5.41) is 1.15. The van der Waals surface area contributed by atoms with Gasteiger partial charge in [0.2, 0.25) is 0 Å². The van der Waals surface area contributed by atoms with Crippen LogP contribution in [0.3, 0.4) is 0 Å². The second-order valence-electron chi connectivity index (χ2n) is 6.19. The molecule has 8 heteroatoms. The zero-order valence-corrected chi connectivity index (χ0v) is 17.0. The molecule has 1 aliphatic rings. The number of amides is 1. The van der Waals surface area contributed by atoms with E-state index in [-0.39, 0.29) is 17.9 Å². The van der Waals surface area contributed by atoms with Gasteiger partial charge in [0.05, 0.1) is 18.0 Å². The highest BCUT2D eigenvalue weighted by Crippen LogP contribution is 2.37. The molecule has 29 heavy (non-hydrogen) atoms. The van der Waals surface area contributed by atoms with Crippen molar-refractivity contribution in [2.24, 2.45) is 10.7 Å². The Hall–Kier alpha value is -2.83. The summed E-state index contributed by atoms with van der Waals surface area (Å²) >= 11 is 11.9. The van der Waals surface area contributed by atoms with Crippen molar-refractivity contribution < 1.29 is 19.1 Å². The zero-order valence-electron chi connectivity index (χ0n) is 15.5. The zero-order chi connectivity index (χ0) is 21.0. The van der Waals surface area contributed by atoms with E-state index in [2.05, 4.69) is 4.99 Å². The summed E-state index contributed by atoms with van der Waals surface area (Å²) in [4.78, 5) is 28.9. The Bertz CT molecular complexity index is 983. The first kappa shape index (κ1) is 20.9. The number of halogens is 2. The largest absolute Gasteiger partial charge is 0.482 e. The highest BCUT2D eigenvalue weighted by Gasteiger charge is 2.36. The number of allylic oxidation sites excluding steroid dienone is 1. The molecule has 1 heterocycles. The van der Waals surface area contributed by atoms with Gasteiger partial charge in [-0.05, 0) is 48.9 Å². The van der Waals surface area contributed by atoms with Crippen LogP contribution in [0.25, 0.3) is 0 Å². The van der Waals surface area contributed by atoms with E-state index in [4.69, 9.17) is 38.4 Å². The number of carbonyl (C=O) groups is 2. The molecule has 0 radical (unpaired) electrons. The van der Waals surface area contributed by atoms with E-state index >= 15 is 0 Å². The van der Waals surface area contributed by atoms with Crippen LogP contribution < -0.4 is 5.73 Å². The van der Waals surface area contributed by atoms with Gasteiger partial charge in [-0.2, -0.15) is 0 Å². The highest BCUT2D eigenvalue weighted by molar-refractivity contribution is 6.31. The molecule has 0 saturated carbocycles. The molecule has 2 N–H and O–H groups in total. The standard InChI is InChI=1S/C21H18Cl2N2O4/c1-2-28-21(27)18(20(24)26)19-16(25-15-9-7-14(23)8-10-15)11-17(29-19)12-3-5-13(22)6-4-12/h3-10,17H,2,11H2,1H3,(H2,24,26)/b19-18+,25-16?/t17-/m1/s1. The average molecular weight is 433 g/mol. The number of nitrogens with zero attached hydrogens (tertiary/aromatic N) is 1. The van der Waals surface area contributed by atoms with Gasteiger partial charge in [0, 0.05) is 16.5 Å². The van der Waals surface area contributed by atoms with Crippen LogP contribution in [-0.2, 0) is 19.1 Å². The van der Waals surface area contributed by atoms with E-state index in [0.29, 0.717) is 27.9 Å². The predicted octanol–water partition coefficient (Wildman–Crippen LogP) is 4.53. The molecule has 1 atom stereocenters. The fourth-order valence-electron chi connectivity index (χ4n) is 2.86. The summed E-state index contributed by atoms with van der Waals surface area (Å²) in [5.74, 6) is -1.78. The van der Waals surface area contributed by atoms with Crippen LogP contribution >= 0.6 is 23.2 Å². The Morgan fingerprint density at radius 1 is 1.10 bits per heavy atom. The predicted molar refractivity (Wildman–Crippen MR) is 111 cm³/mol. The number of nitrogens with two attached hydrogens (primary N) is 1. The molecule has 0 unspecified atom stereocenters. The molecule has 1 aliphatic heterocycles. The third kappa shape index (κ3) is 4.96. The summed E-state index contributed by atoms with van der Waals surface area (Å²) in [6.45, 7) is 1.73. The summed E-state index contributed by atoms with van der Waals surface area (Å²) in [6, 6.07) is 13.9. The van der Waals surface area contributed by atoms with Crippen LogP contribution in [0.15, 0.2) is 64.9 Å². The second kappa shape index (κ2) is 9.11. The van der Waals surface area contributed by atoms with Crippen molar-refractivity contribution in [3.8, 4) is 0 Å². The Labute approximate surface area is 177 Å². The molecule has 0 aliphatic carbocycles. The number of carbonyl (C=O) groups excluding carboxylic acids is 2. The minimum absolute atomic E-state index is 0.0193. The molecule has 2 aromatic carbocycles. The lowest BCUT2D eigenvalue weighted by Gasteiger charge is -2.12. The van der Waals surface area contributed by atoms with Gasteiger partial charge in [0.15, 0.2) is 11.3 Å². The SMILES string of the molecule is CCOC(=O)/C(C(N)=O)=C1/O[C@@H](c2ccc(Cl)cc2)CC1=Nc1ccc(Cl)cc1. The third-order valence-corrected chi connectivity index (χ3v) is 4.69. The maximum atomic E-state index is 12.4. The van der Waals surface area contributed by atoms with Crippen LogP contribution in [0, 0.1) is 0 Å². The molecule has 0 spiro atoms. The lowest BCUT2D eigenvalue weighted by atomic mass is 10.0. The van der Waals surface area contributed by atoms with E-state index in [0.717, 1.165) is 5.56 Å². The molecule has 150 valence electrons. The van der Waals surface area contributed by atoms with Gasteiger partial charge in [-0.3, -0.25) is 4.79 Å². The van der Waals surface area contributed by atoms with Crippen LogP contribution in [0.2, 0.25) is 10.0 Å². The van der Waals surface area contributed by atoms with Crippen molar-refractivity contribution in [1.29, 1.82) is 0 Å². The highest BCUT2D eigenvalue weighted by atomic mass is 35.5. The summed E-state index contributed by atoms with van der Waals surface area (Å²) < 4.78 is 10.9. The number of hydrogen-bond donors (Lipinski definition) is 1. The molecule has 3 rings (SSSR count). The van der Waals surface area contributed by atoms with Gasteiger partial charge >= 0.3 is 5.97 Å². The van der Waals surface area contributed by atoms with Gasteiger partial charge in [0.1, 0.15) is 6.10 Å². The number of ether oxygens (including phenoxy) is 2. The number of esters is 1. The fraction of sp³-hybridized carbons (Fsp3) is 0.190. The van der Waals surface area contributed by atoms with E-state index in [1.54, 1.807) is 43.3 Å². The number of aliphatic imine (C=N–C) groups is 1. The van der Waals surface area contributed by atoms with Crippen molar-refractivity contribution in [1.82, 2.24) is 0 Å². The first-order valence-electron chi connectivity index (χ1n) is 8.86. The average Bonchev–Trinajstić information content (AvgIpc) is 3.07. The van der Waals surface area contributed by atoms with Gasteiger partial charge < -0.3 is 15.2 Å². The molecule has 0 aromatic heterocycles. The summed E-state index contributed by atoms with van der Waals surface area (Å²) in [5.41, 5.74) is 6.92. The lowest BCUT2D eigenvalue weighted by Crippen LogP contribution is -2.25. The first-order chi connectivity index (χ1) is 13.9. The Balaban J connectivity index is 2.08. The smallest absolute Gasteiger partial charge is 0.347 e. The van der Waals surface area contributed by atoms with Crippen LogP contribution in [0.1, 0.15) is 25.0 Å². The summed E-state index contributed by atoms with van der Waals surface area (Å²) in [7, 11) is 0. The number of rotatable bonds is 5. The van der Waals surface area contributed by atoms with Gasteiger partial charge in [-0.25, -0.2) is 9.79 Å². The normalized spacial score (nSPS) is 19.0. The quantitative estimate of drug-likeness (QED) is 0.325. The Morgan fingerprint density at radius 2 is 1.69 bits per heavy atom. The van der Waals surface area contributed by atoms with Crippen molar-refractivity contribution in [2.45, 2.75) is 19.4 Å². The lowest BCUT2D eigenvalue weighted by molar-refractivity contribution is -0.140. The van der Waals surface area contributed by atoms with Gasteiger partial charge in [-0.1, -0.05) is 35.3 Å². The van der Waals surface area contributed by atoms with Crippen molar-refractivity contribution >= 4 is 46.5 Å². The minimum Gasteiger partial charge on any atom is -0.482 e. The van der Waals surface area contributed by atoms with Gasteiger partial charge in [-0.15, -0.1) is 0 Å². The van der Waals surface area contributed by atoms with E-state index in [1.165, 1.54) is 0 Å². The molecule has 1 amide bonds. The molecular weight excluding hydrogens is 415 g/mol. The van der Waals surface area contributed by atoms with E-state index in [1.807, 2.05) is 12.1 Å². The van der Waals surface area contributed by atoms with Crippen molar-refractivity contribution in [2.75, 3.05) is 6.61 Å². The molecule has 1 fully saturated rings. The molecule has 1 saturated heterocycles. The molecule has 6 nitrogen and oxygen atoms in total. The number of primary amides is 1. The number of benzene rings is 2. The van der Waals surface area contributed by atoms with Crippen LogP contribution in [0.5, 0.6) is 0 Å². The molecular formula is C21H18Cl2N2O4. The second-order valence-corrected chi connectivity index (χ2v) is 7.06. The molecule has 0 bridgehead atoms. The maximum Gasteiger partial charge on any atom is 0.347 e. The topological polar surface area (TPSA) is 91.0 Å². The first-order valence-corrected chi connectivity index (χ1v) is 9.61. The van der Waals surface area contributed by atoms with Crippen LogP contribution in [-0.4, -0.2) is 24.2 Å². The minimum atomic E-state index is -0.945. The van der Waals surface area contributed by atoms with Crippen LogP contribution in [0.4, 0.5) is 5.69 Å². The Morgan fingerprint density at radius 3 is 2.24 bits per heavy atom. The molecule has 2 aromatic rings. The Kier molecular flexibility index (Phi) is 6.56. The van der Waals surface area contributed by atoms with Crippen molar-refractivity contribution in [3.05, 3.63) is 75.5 Å². The van der Waals surface area contributed by atoms with E-state index in [9.17, 15) is 9.59 Å². The van der Waals surface area contributed by atoms with Crippen molar-refractivity contribution in [3.63, 3.8) is 0 Å². The monoisotopic (exact) mass is 432 g/mol. The third-order valence-electron chi connectivity index (χ3n) is 4.19.